The molecule has 4 N–H and O–H groups in total. The molecule has 2 saturated carbocycles. The predicted molar refractivity (Wildman–Crippen MR) is 77.9 cm³/mol. The minimum Gasteiger partial charge on any atom is -0.481 e. The summed E-state index contributed by atoms with van der Waals surface area (Å²) >= 11 is 1.35. The van der Waals surface area contributed by atoms with Crippen molar-refractivity contribution in [2.45, 2.75) is 38.3 Å². The van der Waals surface area contributed by atoms with E-state index in [1.165, 1.54) is 11.3 Å². The normalized spacial score (nSPS) is 32.1. The Balaban J connectivity index is 1.73. The summed E-state index contributed by atoms with van der Waals surface area (Å²) in [5.41, 5.74) is 6.07. The van der Waals surface area contributed by atoms with Crippen LogP contribution in [0, 0.1) is 17.8 Å². The second-order valence-electron chi connectivity index (χ2n) is 6.06. The number of hydrogen-bond acceptors (Lipinski definition) is 5. The van der Waals surface area contributed by atoms with Crippen LogP contribution in [0.1, 0.15) is 47.7 Å². The third kappa shape index (κ3) is 2.55. The van der Waals surface area contributed by atoms with Gasteiger partial charge in [0.15, 0.2) is 0 Å². The molecule has 5 atom stereocenters. The van der Waals surface area contributed by atoms with Crippen LogP contribution >= 0.6 is 11.3 Å². The van der Waals surface area contributed by atoms with Crippen LogP contribution < -0.4 is 11.1 Å². The van der Waals surface area contributed by atoms with Crippen molar-refractivity contribution < 1.29 is 14.7 Å². The van der Waals surface area contributed by atoms with Gasteiger partial charge in [-0.3, -0.25) is 9.59 Å². The van der Waals surface area contributed by atoms with Gasteiger partial charge in [-0.05, 0) is 38.0 Å². The number of thiazole rings is 1. The lowest BCUT2D eigenvalue weighted by Gasteiger charge is -2.28. The van der Waals surface area contributed by atoms with E-state index < -0.39 is 11.9 Å². The molecular weight excluding hydrogens is 290 g/mol. The Morgan fingerprint density at radius 3 is 2.81 bits per heavy atom. The zero-order valence-electron chi connectivity index (χ0n) is 11.8. The molecule has 0 radical (unpaired) electrons. The quantitative estimate of drug-likeness (QED) is 0.779. The van der Waals surface area contributed by atoms with Crippen molar-refractivity contribution in [2.75, 3.05) is 0 Å². The van der Waals surface area contributed by atoms with Gasteiger partial charge in [-0.25, -0.2) is 4.98 Å². The first-order chi connectivity index (χ1) is 9.97. The smallest absolute Gasteiger partial charge is 0.308 e. The molecule has 1 aromatic heterocycles. The van der Waals surface area contributed by atoms with E-state index in [-0.39, 0.29) is 29.8 Å². The number of carboxylic acids is 1. The Morgan fingerprint density at radius 1 is 1.48 bits per heavy atom. The van der Waals surface area contributed by atoms with Crippen molar-refractivity contribution in [1.29, 1.82) is 0 Å². The molecule has 6 nitrogen and oxygen atoms in total. The average Bonchev–Trinajstić information content (AvgIpc) is 3.13. The number of nitrogens with two attached hydrogens (primary N) is 1. The van der Waals surface area contributed by atoms with E-state index in [0.29, 0.717) is 10.7 Å². The molecule has 114 valence electrons. The Kier molecular flexibility index (Phi) is 3.71. The monoisotopic (exact) mass is 309 g/mol. The van der Waals surface area contributed by atoms with E-state index in [0.717, 1.165) is 19.3 Å². The molecule has 2 aliphatic rings. The maximum absolute atomic E-state index is 12.3. The molecule has 2 aliphatic carbocycles. The summed E-state index contributed by atoms with van der Waals surface area (Å²) in [7, 11) is 0. The van der Waals surface area contributed by atoms with Crippen LogP contribution in [0.2, 0.25) is 0 Å². The summed E-state index contributed by atoms with van der Waals surface area (Å²) in [5.74, 6) is -1.07. The number of aromatic nitrogens is 1. The van der Waals surface area contributed by atoms with Gasteiger partial charge < -0.3 is 16.2 Å². The van der Waals surface area contributed by atoms with Gasteiger partial charge in [0.2, 0.25) is 0 Å². The number of carbonyl (C=O) groups excluding carboxylic acids is 1. The standard InChI is InChI=1S/C14H19N3O3S/c1-6(15)13-16-9(5-21-13)12(18)17-11-8-3-2-7(4-8)10(11)14(19)20/h5-8,10-11H,2-4,15H2,1H3,(H,17,18)(H,19,20). The maximum Gasteiger partial charge on any atom is 0.308 e. The molecule has 7 heteroatoms. The van der Waals surface area contributed by atoms with Crippen LogP contribution in [0.15, 0.2) is 5.38 Å². The van der Waals surface area contributed by atoms with Gasteiger partial charge in [-0.1, -0.05) is 0 Å². The van der Waals surface area contributed by atoms with E-state index in [1.54, 1.807) is 5.38 Å². The van der Waals surface area contributed by atoms with Crippen molar-refractivity contribution in [1.82, 2.24) is 10.3 Å². The van der Waals surface area contributed by atoms with Gasteiger partial charge in [0.25, 0.3) is 5.91 Å². The average molecular weight is 309 g/mol. The minimum atomic E-state index is -0.804. The van der Waals surface area contributed by atoms with E-state index in [1.807, 2.05) is 6.92 Å². The molecule has 2 fully saturated rings. The molecule has 0 aromatic carbocycles. The van der Waals surface area contributed by atoms with Crippen molar-refractivity contribution in [3.05, 3.63) is 16.1 Å². The van der Waals surface area contributed by atoms with Gasteiger partial charge in [-0.2, -0.15) is 0 Å². The lowest BCUT2D eigenvalue weighted by Crippen LogP contribution is -2.46. The highest BCUT2D eigenvalue weighted by atomic mass is 32.1. The highest BCUT2D eigenvalue weighted by Crippen LogP contribution is 2.48. The van der Waals surface area contributed by atoms with Crippen LogP contribution in [-0.4, -0.2) is 28.0 Å². The fraction of sp³-hybridized carbons (Fsp3) is 0.643. The van der Waals surface area contributed by atoms with Crippen LogP contribution in [-0.2, 0) is 4.79 Å². The Hall–Kier alpha value is -1.47. The zero-order chi connectivity index (χ0) is 15.1. The summed E-state index contributed by atoms with van der Waals surface area (Å²) in [5, 5.41) is 14.7. The largest absolute Gasteiger partial charge is 0.481 e. The van der Waals surface area contributed by atoms with E-state index in [2.05, 4.69) is 10.3 Å². The summed E-state index contributed by atoms with van der Waals surface area (Å²) in [6.45, 7) is 1.82. The van der Waals surface area contributed by atoms with Crippen molar-refractivity contribution in [3.8, 4) is 0 Å². The SMILES string of the molecule is CC(N)c1nc(C(=O)NC2C3CCC(C3)C2C(=O)O)cs1. The molecule has 1 heterocycles. The van der Waals surface area contributed by atoms with Crippen LogP contribution in [0.25, 0.3) is 0 Å². The summed E-state index contributed by atoms with van der Waals surface area (Å²) < 4.78 is 0. The fourth-order valence-electron chi connectivity index (χ4n) is 3.68. The highest BCUT2D eigenvalue weighted by molar-refractivity contribution is 7.09. The maximum atomic E-state index is 12.3. The number of nitrogens with one attached hydrogen (secondary N) is 1. The molecule has 21 heavy (non-hydrogen) atoms. The highest BCUT2D eigenvalue weighted by Gasteiger charge is 2.51. The first-order valence-electron chi connectivity index (χ1n) is 7.22. The van der Waals surface area contributed by atoms with Crippen molar-refractivity contribution >= 4 is 23.2 Å². The van der Waals surface area contributed by atoms with Crippen molar-refractivity contribution in [2.24, 2.45) is 23.5 Å². The molecule has 0 spiro atoms. The molecule has 5 unspecified atom stereocenters. The number of nitrogens with zero attached hydrogens (tertiary/aromatic N) is 1. The third-order valence-electron chi connectivity index (χ3n) is 4.64. The fourth-order valence-corrected chi connectivity index (χ4v) is 4.44. The Bertz CT molecular complexity index is 572. The van der Waals surface area contributed by atoms with Crippen LogP contribution in [0.5, 0.6) is 0 Å². The molecule has 1 aromatic rings. The van der Waals surface area contributed by atoms with Gasteiger partial charge in [0.05, 0.1) is 12.0 Å². The van der Waals surface area contributed by atoms with Gasteiger partial charge in [0.1, 0.15) is 10.7 Å². The Morgan fingerprint density at radius 2 is 2.19 bits per heavy atom. The summed E-state index contributed by atoms with van der Waals surface area (Å²) in [4.78, 5) is 27.9. The first kappa shape index (κ1) is 14.5. The minimum absolute atomic E-state index is 0.202. The number of carboxylic acid groups (broad SMARTS) is 1. The van der Waals surface area contributed by atoms with Gasteiger partial charge in [0, 0.05) is 11.4 Å². The van der Waals surface area contributed by atoms with Gasteiger partial charge in [-0.15, -0.1) is 11.3 Å². The van der Waals surface area contributed by atoms with Gasteiger partial charge >= 0.3 is 5.97 Å². The number of hydrogen-bond donors (Lipinski definition) is 3. The van der Waals surface area contributed by atoms with Crippen LogP contribution in [0.3, 0.4) is 0 Å². The lowest BCUT2D eigenvalue weighted by molar-refractivity contribution is -0.144. The van der Waals surface area contributed by atoms with Crippen LogP contribution in [0.4, 0.5) is 0 Å². The van der Waals surface area contributed by atoms with E-state index in [9.17, 15) is 14.7 Å². The number of fused-ring (bicyclic) bond motifs is 2. The zero-order valence-corrected chi connectivity index (χ0v) is 12.6. The number of aliphatic carboxylic acids is 1. The lowest BCUT2D eigenvalue weighted by atomic mass is 9.84. The predicted octanol–water partition coefficient (Wildman–Crippen LogP) is 1.39. The summed E-state index contributed by atoms with van der Waals surface area (Å²) in [6.07, 6.45) is 2.87. The molecule has 2 bridgehead atoms. The molecule has 0 saturated heterocycles. The molecular formula is C14H19N3O3S. The Labute approximate surface area is 126 Å². The summed E-state index contributed by atoms with van der Waals surface area (Å²) in [6, 6.07) is -0.472. The van der Waals surface area contributed by atoms with E-state index in [4.69, 9.17) is 5.73 Å². The van der Waals surface area contributed by atoms with E-state index >= 15 is 0 Å². The second-order valence-corrected chi connectivity index (χ2v) is 6.95. The number of carbonyl (C=O) groups is 2. The second kappa shape index (κ2) is 5.38. The number of rotatable bonds is 4. The number of amides is 1. The van der Waals surface area contributed by atoms with Crippen molar-refractivity contribution in [3.63, 3.8) is 0 Å². The molecule has 0 aliphatic heterocycles. The first-order valence-corrected chi connectivity index (χ1v) is 8.10. The molecule has 1 amide bonds. The topological polar surface area (TPSA) is 105 Å². The third-order valence-corrected chi connectivity index (χ3v) is 5.69. The molecule has 3 rings (SSSR count).